The van der Waals surface area contributed by atoms with E-state index < -0.39 is 0 Å². The van der Waals surface area contributed by atoms with E-state index in [0.29, 0.717) is 5.41 Å². The Labute approximate surface area is 63.8 Å². The first-order valence-corrected chi connectivity index (χ1v) is 4.16. The third-order valence-corrected chi connectivity index (χ3v) is 1.93. The van der Waals surface area contributed by atoms with E-state index in [1.807, 2.05) is 0 Å². The average molecular weight is 142 g/mol. The van der Waals surface area contributed by atoms with Crippen molar-refractivity contribution in [2.45, 2.75) is 33.6 Å². The van der Waals surface area contributed by atoms with Crippen LogP contribution in [0.15, 0.2) is 0 Å². The zero-order chi connectivity index (χ0) is 7.61. The van der Waals surface area contributed by atoms with Crippen molar-refractivity contribution in [2.24, 2.45) is 11.3 Å². The highest BCUT2D eigenvalue weighted by Crippen LogP contribution is 2.28. The third-order valence-electron chi connectivity index (χ3n) is 1.93. The van der Waals surface area contributed by atoms with Gasteiger partial charge in [-0.25, -0.2) is 0 Å². The van der Waals surface area contributed by atoms with Gasteiger partial charge in [-0.05, 0) is 24.2 Å². The molecule has 1 aliphatic rings. The fraction of sp³-hybridized carbons (Fsp3) is 1.00. The molecule has 1 atom stereocenters. The fourth-order valence-corrected chi connectivity index (χ4v) is 1.61. The third kappa shape index (κ3) is 2.70. The van der Waals surface area contributed by atoms with E-state index >= 15 is 0 Å². The normalized spacial score (nSPS) is 27.3. The van der Waals surface area contributed by atoms with Crippen LogP contribution in [0.1, 0.15) is 33.6 Å². The van der Waals surface area contributed by atoms with E-state index in [9.17, 15) is 0 Å². The van der Waals surface area contributed by atoms with Crippen molar-refractivity contribution in [1.82, 2.24) is 0 Å². The average Bonchev–Trinajstić information content (AvgIpc) is 2.12. The van der Waals surface area contributed by atoms with E-state index in [1.165, 1.54) is 12.8 Å². The van der Waals surface area contributed by atoms with Gasteiger partial charge in [-0.15, -0.1) is 0 Å². The molecule has 1 saturated heterocycles. The molecule has 1 rings (SSSR count). The quantitative estimate of drug-likeness (QED) is 0.546. The monoisotopic (exact) mass is 142 g/mol. The Kier molecular flexibility index (Phi) is 2.35. The summed E-state index contributed by atoms with van der Waals surface area (Å²) < 4.78 is 5.30. The van der Waals surface area contributed by atoms with Gasteiger partial charge in [0.1, 0.15) is 0 Å². The minimum atomic E-state index is 0.484. The summed E-state index contributed by atoms with van der Waals surface area (Å²) in [4.78, 5) is 0. The molecule has 0 N–H and O–H groups in total. The van der Waals surface area contributed by atoms with Crippen molar-refractivity contribution in [3.8, 4) is 0 Å². The van der Waals surface area contributed by atoms with Crippen LogP contribution in [-0.2, 0) is 4.74 Å². The Bertz CT molecular complexity index is 95.8. The van der Waals surface area contributed by atoms with Gasteiger partial charge in [0.05, 0.1) is 0 Å². The van der Waals surface area contributed by atoms with Crippen LogP contribution in [0, 0.1) is 11.3 Å². The van der Waals surface area contributed by atoms with Gasteiger partial charge in [0.25, 0.3) is 0 Å². The van der Waals surface area contributed by atoms with Gasteiger partial charge in [0, 0.05) is 13.2 Å². The predicted molar refractivity (Wildman–Crippen MR) is 43.0 cm³/mol. The molecule has 10 heavy (non-hydrogen) atoms. The lowest BCUT2D eigenvalue weighted by atomic mass is 9.84. The highest BCUT2D eigenvalue weighted by Gasteiger charge is 2.21. The summed E-state index contributed by atoms with van der Waals surface area (Å²) in [5.41, 5.74) is 0.484. The van der Waals surface area contributed by atoms with Gasteiger partial charge in [0.2, 0.25) is 0 Å². The molecule has 1 aliphatic heterocycles. The fourth-order valence-electron chi connectivity index (χ4n) is 1.61. The van der Waals surface area contributed by atoms with Crippen molar-refractivity contribution in [3.05, 3.63) is 0 Å². The molecule has 0 spiro atoms. The highest BCUT2D eigenvalue weighted by molar-refractivity contribution is 4.71. The van der Waals surface area contributed by atoms with E-state index in [0.717, 1.165) is 19.1 Å². The van der Waals surface area contributed by atoms with Crippen LogP contribution >= 0.6 is 0 Å². The SMILES string of the molecule is CC(C)(C)CC1CCOC1. The lowest BCUT2D eigenvalue weighted by Crippen LogP contribution is -2.12. The second kappa shape index (κ2) is 2.91. The number of rotatable bonds is 1. The van der Waals surface area contributed by atoms with Crippen molar-refractivity contribution in [3.63, 3.8) is 0 Å². The lowest BCUT2D eigenvalue weighted by Gasteiger charge is -2.21. The summed E-state index contributed by atoms with van der Waals surface area (Å²) in [7, 11) is 0. The molecule has 60 valence electrons. The maximum atomic E-state index is 5.30. The lowest BCUT2D eigenvalue weighted by molar-refractivity contribution is 0.173. The van der Waals surface area contributed by atoms with Gasteiger partial charge in [0.15, 0.2) is 0 Å². The first-order valence-electron chi connectivity index (χ1n) is 4.16. The Hall–Kier alpha value is -0.0400. The first-order chi connectivity index (χ1) is 4.58. The van der Waals surface area contributed by atoms with Crippen molar-refractivity contribution in [1.29, 1.82) is 0 Å². The van der Waals surface area contributed by atoms with Crippen LogP contribution in [0.3, 0.4) is 0 Å². The highest BCUT2D eigenvalue weighted by atomic mass is 16.5. The maximum Gasteiger partial charge on any atom is 0.0495 e. The van der Waals surface area contributed by atoms with Crippen LogP contribution in [-0.4, -0.2) is 13.2 Å². The molecule has 0 bridgehead atoms. The molecular formula is C9H18O. The molecule has 0 aromatic carbocycles. The summed E-state index contributed by atoms with van der Waals surface area (Å²) in [5.74, 6) is 0.833. The smallest absolute Gasteiger partial charge is 0.0495 e. The zero-order valence-electron chi connectivity index (χ0n) is 7.31. The molecule has 0 saturated carbocycles. The first kappa shape index (κ1) is 8.06. The standard InChI is InChI=1S/C9H18O/c1-9(2,3)6-8-4-5-10-7-8/h8H,4-7H2,1-3H3. The molecule has 0 aromatic rings. The van der Waals surface area contributed by atoms with E-state index in [1.54, 1.807) is 0 Å². The van der Waals surface area contributed by atoms with Crippen LogP contribution in [0.2, 0.25) is 0 Å². The summed E-state index contributed by atoms with van der Waals surface area (Å²) in [6, 6.07) is 0. The Morgan fingerprint density at radius 3 is 2.50 bits per heavy atom. The molecule has 0 aromatic heterocycles. The summed E-state index contributed by atoms with van der Waals surface area (Å²) in [6.07, 6.45) is 2.59. The number of ether oxygens (including phenoxy) is 1. The van der Waals surface area contributed by atoms with Crippen molar-refractivity contribution >= 4 is 0 Å². The molecule has 1 unspecified atom stereocenters. The van der Waals surface area contributed by atoms with Gasteiger partial charge >= 0.3 is 0 Å². The predicted octanol–water partition coefficient (Wildman–Crippen LogP) is 2.46. The van der Waals surface area contributed by atoms with Gasteiger partial charge < -0.3 is 4.74 Å². The largest absolute Gasteiger partial charge is 0.381 e. The zero-order valence-corrected chi connectivity index (χ0v) is 7.31. The molecule has 1 heteroatoms. The molecule has 0 aliphatic carbocycles. The second-order valence-electron chi connectivity index (χ2n) is 4.49. The Balaban J connectivity index is 2.24. The van der Waals surface area contributed by atoms with Crippen molar-refractivity contribution in [2.75, 3.05) is 13.2 Å². The Morgan fingerprint density at radius 2 is 2.10 bits per heavy atom. The van der Waals surface area contributed by atoms with Crippen LogP contribution in [0.4, 0.5) is 0 Å². The van der Waals surface area contributed by atoms with Gasteiger partial charge in [-0.2, -0.15) is 0 Å². The molecule has 1 fully saturated rings. The summed E-state index contributed by atoms with van der Waals surface area (Å²) in [5, 5.41) is 0. The van der Waals surface area contributed by atoms with E-state index in [2.05, 4.69) is 20.8 Å². The molecule has 1 heterocycles. The summed E-state index contributed by atoms with van der Waals surface area (Å²) >= 11 is 0. The van der Waals surface area contributed by atoms with E-state index in [4.69, 9.17) is 4.74 Å². The minimum Gasteiger partial charge on any atom is -0.381 e. The summed E-state index contributed by atoms with van der Waals surface area (Å²) in [6.45, 7) is 8.87. The van der Waals surface area contributed by atoms with E-state index in [-0.39, 0.29) is 0 Å². The second-order valence-corrected chi connectivity index (χ2v) is 4.49. The van der Waals surface area contributed by atoms with Crippen LogP contribution in [0.5, 0.6) is 0 Å². The van der Waals surface area contributed by atoms with Crippen molar-refractivity contribution < 1.29 is 4.74 Å². The number of hydrogen-bond acceptors (Lipinski definition) is 1. The molecule has 1 nitrogen and oxygen atoms in total. The molecule has 0 amide bonds. The molecular weight excluding hydrogens is 124 g/mol. The maximum absolute atomic E-state index is 5.30. The Morgan fingerprint density at radius 1 is 1.40 bits per heavy atom. The number of hydrogen-bond donors (Lipinski definition) is 0. The van der Waals surface area contributed by atoms with Gasteiger partial charge in [-0.3, -0.25) is 0 Å². The molecule has 0 radical (unpaired) electrons. The minimum absolute atomic E-state index is 0.484. The van der Waals surface area contributed by atoms with Crippen LogP contribution < -0.4 is 0 Å². The topological polar surface area (TPSA) is 9.23 Å². The van der Waals surface area contributed by atoms with Crippen LogP contribution in [0.25, 0.3) is 0 Å². The van der Waals surface area contributed by atoms with Gasteiger partial charge in [-0.1, -0.05) is 20.8 Å².